The van der Waals surface area contributed by atoms with Crippen LogP contribution in [0.5, 0.6) is 6.01 Å². The topological polar surface area (TPSA) is 51.1 Å². The molecule has 1 aromatic heterocycles. The van der Waals surface area contributed by atoms with E-state index < -0.39 is 0 Å². The fraction of sp³-hybridized carbons (Fsp3) is 0.769. The van der Waals surface area contributed by atoms with E-state index in [2.05, 4.69) is 33.7 Å². The Bertz CT molecular complexity index is 458. The van der Waals surface area contributed by atoms with Gasteiger partial charge >= 0.3 is 6.01 Å². The molecule has 1 fully saturated rings. The minimum absolute atomic E-state index is 0.192. The average molecular weight is 317 g/mol. The Balaban J connectivity index is 2.13. The van der Waals surface area contributed by atoms with E-state index in [0.29, 0.717) is 23.3 Å². The van der Waals surface area contributed by atoms with Crippen LogP contribution >= 0.6 is 23.4 Å². The van der Waals surface area contributed by atoms with Gasteiger partial charge in [0.05, 0.1) is 6.61 Å². The van der Waals surface area contributed by atoms with Crippen LogP contribution in [0, 0.1) is 0 Å². The summed E-state index contributed by atoms with van der Waals surface area (Å²) in [6, 6.07) is 0.318. The summed E-state index contributed by atoms with van der Waals surface area (Å²) in [6.07, 6.45) is 2.00. The van der Waals surface area contributed by atoms with Crippen molar-refractivity contribution in [3.05, 3.63) is 5.28 Å². The molecule has 0 unspecified atom stereocenters. The van der Waals surface area contributed by atoms with Crippen molar-refractivity contribution in [2.45, 2.75) is 38.4 Å². The van der Waals surface area contributed by atoms with Gasteiger partial charge in [-0.1, -0.05) is 20.8 Å². The molecule has 1 aliphatic rings. The molecule has 112 valence electrons. The van der Waals surface area contributed by atoms with Crippen LogP contribution in [0.15, 0.2) is 0 Å². The van der Waals surface area contributed by atoms with Crippen molar-refractivity contribution in [3.63, 3.8) is 0 Å². The predicted octanol–water partition coefficient (Wildman–Crippen LogP) is 3.04. The van der Waals surface area contributed by atoms with Gasteiger partial charge in [0.15, 0.2) is 0 Å². The van der Waals surface area contributed by atoms with E-state index in [4.69, 9.17) is 16.3 Å². The molecule has 0 atom stereocenters. The van der Waals surface area contributed by atoms with Crippen LogP contribution in [-0.4, -0.2) is 45.1 Å². The number of hydrogen-bond donors (Lipinski definition) is 0. The second kappa shape index (κ2) is 6.80. The van der Waals surface area contributed by atoms with Crippen molar-refractivity contribution in [3.8, 4) is 6.01 Å². The molecule has 0 aliphatic carbocycles. The van der Waals surface area contributed by atoms with Crippen LogP contribution in [0.4, 0.5) is 5.95 Å². The van der Waals surface area contributed by atoms with Gasteiger partial charge < -0.3 is 9.64 Å². The number of anilines is 1. The van der Waals surface area contributed by atoms with Gasteiger partial charge in [0.1, 0.15) is 0 Å². The molecule has 0 saturated carbocycles. The summed E-state index contributed by atoms with van der Waals surface area (Å²) in [6.45, 7) is 9.02. The van der Waals surface area contributed by atoms with Gasteiger partial charge in [-0.2, -0.15) is 26.7 Å². The van der Waals surface area contributed by atoms with Crippen molar-refractivity contribution in [2.24, 2.45) is 0 Å². The van der Waals surface area contributed by atoms with Crippen molar-refractivity contribution in [2.75, 3.05) is 30.3 Å². The Kier molecular flexibility index (Phi) is 5.32. The Hall–Kier alpha value is -0.750. The Morgan fingerprint density at radius 3 is 2.85 bits per heavy atom. The van der Waals surface area contributed by atoms with Crippen LogP contribution in [0.2, 0.25) is 5.28 Å². The lowest BCUT2D eigenvalue weighted by atomic mass is 10.1. The molecule has 2 heterocycles. The SMILES string of the molecule is CCCOc1nc(Cl)nc(N2CCSC(C)(C)CC2)n1. The normalized spacial score (nSPS) is 18.7. The van der Waals surface area contributed by atoms with Gasteiger partial charge in [0, 0.05) is 23.6 Å². The zero-order chi connectivity index (χ0) is 14.6. The van der Waals surface area contributed by atoms with Gasteiger partial charge in [0.25, 0.3) is 0 Å². The summed E-state index contributed by atoms with van der Waals surface area (Å²) in [5, 5.41) is 0.192. The third-order valence-corrected chi connectivity index (χ3v) is 4.67. The predicted molar refractivity (Wildman–Crippen MR) is 84.0 cm³/mol. The fourth-order valence-electron chi connectivity index (χ4n) is 1.94. The number of nitrogens with zero attached hydrogens (tertiary/aromatic N) is 4. The molecule has 0 spiro atoms. The molecule has 0 amide bonds. The molecule has 0 aromatic carbocycles. The van der Waals surface area contributed by atoms with Gasteiger partial charge in [-0.3, -0.25) is 0 Å². The van der Waals surface area contributed by atoms with Crippen molar-refractivity contribution >= 4 is 29.3 Å². The molecule has 5 nitrogen and oxygen atoms in total. The van der Waals surface area contributed by atoms with Crippen LogP contribution in [-0.2, 0) is 0 Å². The summed E-state index contributed by atoms with van der Waals surface area (Å²) < 4.78 is 5.76. The summed E-state index contributed by atoms with van der Waals surface area (Å²) in [4.78, 5) is 14.8. The van der Waals surface area contributed by atoms with Gasteiger partial charge in [-0.15, -0.1) is 0 Å². The van der Waals surface area contributed by atoms with E-state index in [0.717, 1.165) is 31.7 Å². The Morgan fingerprint density at radius 2 is 2.10 bits per heavy atom. The number of hydrogen-bond acceptors (Lipinski definition) is 6. The maximum absolute atomic E-state index is 5.97. The molecular formula is C13H21ClN4OS. The molecule has 1 saturated heterocycles. The molecule has 7 heteroatoms. The van der Waals surface area contributed by atoms with E-state index in [9.17, 15) is 0 Å². The number of rotatable bonds is 4. The highest BCUT2D eigenvalue weighted by atomic mass is 35.5. The number of ether oxygens (including phenoxy) is 1. The van der Waals surface area contributed by atoms with Crippen molar-refractivity contribution in [1.82, 2.24) is 15.0 Å². The summed E-state index contributed by atoms with van der Waals surface area (Å²) in [5.41, 5.74) is 0. The van der Waals surface area contributed by atoms with E-state index in [1.165, 1.54) is 0 Å². The molecule has 0 N–H and O–H groups in total. The molecule has 1 aliphatic heterocycles. The molecular weight excluding hydrogens is 296 g/mol. The van der Waals surface area contributed by atoms with E-state index in [1.807, 2.05) is 18.7 Å². The first-order chi connectivity index (χ1) is 9.50. The molecule has 20 heavy (non-hydrogen) atoms. The van der Waals surface area contributed by atoms with Gasteiger partial charge in [0.2, 0.25) is 11.2 Å². The van der Waals surface area contributed by atoms with E-state index in [1.54, 1.807) is 0 Å². The Morgan fingerprint density at radius 1 is 1.30 bits per heavy atom. The highest BCUT2D eigenvalue weighted by molar-refractivity contribution is 8.00. The quantitative estimate of drug-likeness (QED) is 0.851. The number of thioether (sulfide) groups is 1. The summed E-state index contributed by atoms with van der Waals surface area (Å²) >= 11 is 7.96. The highest BCUT2D eigenvalue weighted by Gasteiger charge is 2.25. The third kappa shape index (κ3) is 4.38. The number of halogens is 1. The molecule has 2 rings (SSSR count). The van der Waals surface area contributed by atoms with Gasteiger partial charge in [-0.05, 0) is 24.4 Å². The number of aromatic nitrogens is 3. The van der Waals surface area contributed by atoms with Gasteiger partial charge in [-0.25, -0.2) is 0 Å². The first-order valence-corrected chi connectivity index (χ1v) is 8.30. The zero-order valence-electron chi connectivity index (χ0n) is 12.2. The Labute approximate surface area is 129 Å². The largest absolute Gasteiger partial charge is 0.463 e. The summed E-state index contributed by atoms with van der Waals surface area (Å²) in [7, 11) is 0. The minimum Gasteiger partial charge on any atom is -0.463 e. The molecule has 0 radical (unpaired) electrons. The highest BCUT2D eigenvalue weighted by Crippen LogP contribution is 2.31. The summed E-state index contributed by atoms with van der Waals surface area (Å²) in [5.74, 6) is 1.68. The van der Waals surface area contributed by atoms with Crippen LogP contribution in [0.25, 0.3) is 0 Å². The second-order valence-corrected chi connectivity index (χ2v) is 7.52. The molecule has 0 bridgehead atoms. The molecule has 1 aromatic rings. The van der Waals surface area contributed by atoms with E-state index in [-0.39, 0.29) is 5.28 Å². The maximum atomic E-state index is 5.97. The van der Waals surface area contributed by atoms with Crippen LogP contribution in [0.1, 0.15) is 33.6 Å². The first-order valence-electron chi connectivity index (χ1n) is 6.93. The lowest BCUT2D eigenvalue weighted by molar-refractivity contribution is 0.291. The minimum atomic E-state index is 0.192. The average Bonchev–Trinajstić information content (AvgIpc) is 2.57. The maximum Gasteiger partial charge on any atom is 0.322 e. The lowest BCUT2D eigenvalue weighted by Crippen LogP contribution is -2.29. The van der Waals surface area contributed by atoms with Crippen LogP contribution in [0.3, 0.4) is 0 Å². The third-order valence-electron chi connectivity index (χ3n) is 3.13. The van der Waals surface area contributed by atoms with E-state index >= 15 is 0 Å². The standard InChI is InChI=1S/C13H21ClN4OS/c1-4-8-19-12-16-10(14)15-11(17-12)18-6-5-13(2,3)20-9-7-18/h4-9H2,1-3H3. The van der Waals surface area contributed by atoms with Crippen molar-refractivity contribution < 1.29 is 4.74 Å². The first kappa shape index (κ1) is 15.6. The fourth-order valence-corrected chi connectivity index (χ4v) is 3.19. The zero-order valence-corrected chi connectivity index (χ0v) is 13.8. The smallest absolute Gasteiger partial charge is 0.322 e. The lowest BCUT2D eigenvalue weighted by Gasteiger charge is -2.22. The van der Waals surface area contributed by atoms with Crippen LogP contribution < -0.4 is 9.64 Å². The second-order valence-electron chi connectivity index (χ2n) is 5.38. The van der Waals surface area contributed by atoms with Crippen molar-refractivity contribution in [1.29, 1.82) is 0 Å². The monoisotopic (exact) mass is 316 g/mol.